The highest BCUT2D eigenvalue weighted by atomic mass is 32.2. The highest BCUT2D eigenvalue weighted by Gasteiger charge is 2.44. The van der Waals surface area contributed by atoms with Crippen molar-refractivity contribution in [3.05, 3.63) is 65.2 Å². The summed E-state index contributed by atoms with van der Waals surface area (Å²) in [5.41, 5.74) is 2.68. The van der Waals surface area contributed by atoms with Gasteiger partial charge in [0.2, 0.25) is 0 Å². The zero-order chi connectivity index (χ0) is 19.4. The molecular weight excluding hydrogens is 364 g/mol. The Bertz CT molecular complexity index is 736. The van der Waals surface area contributed by atoms with Crippen LogP contribution in [0.1, 0.15) is 16.7 Å². The normalized spacial score (nSPS) is 28.1. The van der Waals surface area contributed by atoms with Crippen LogP contribution in [0.15, 0.2) is 48.5 Å². The Morgan fingerprint density at radius 1 is 0.926 bits per heavy atom. The van der Waals surface area contributed by atoms with Gasteiger partial charge in [-0.15, -0.1) is 11.8 Å². The SMILES string of the molecule is COC[C@H]1S[C@@H](Oc2ccccc2Cc2ccc(C)cc2)[C@H](O)[C@@H](O)[C@@H]1O. The van der Waals surface area contributed by atoms with Crippen molar-refractivity contribution >= 4 is 11.8 Å². The van der Waals surface area contributed by atoms with Crippen molar-refractivity contribution < 1.29 is 24.8 Å². The minimum absolute atomic E-state index is 0.264. The van der Waals surface area contributed by atoms with Crippen molar-refractivity contribution in [3.8, 4) is 5.75 Å². The van der Waals surface area contributed by atoms with Gasteiger partial charge in [0.25, 0.3) is 0 Å². The van der Waals surface area contributed by atoms with E-state index in [2.05, 4.69) is 31.2 Å². The summed E-state index contributed by atoms with van der Waals surface area (Å²) in [6.45, 7) is 2.32. The Labute approximate surface area is 164 Å². The number of hydrogen-bond acceptors (Lipinski definition) is 6. The van der Waals surface area contributed by atoms with Gasteiger partial charge in [-0.05, 0) is 24.1 Å². The monoisotopic (exact) mass is 390 g/mol. The summed E-state index contributed by atoms with van der Waals surface area (Å²) in [6, 6.07) is 16.0. The van der Waals surface area contributed by atoms with Crippen molar-refractivity contribution in [1.29, 1.82) is 0 Å². The lowest BCUT2D eigenvalue weighted by Gasteiger charge is -2.39. The number of aryl methyl sites for hydroxylation is 1. The number of aliphatic hydroxyl groups excluding tert-OH is 3. The van der Waals surface area contributed by atoms with Gasteiger partial charge in [0.05, 0.1) is 18.0 Å². The topological polar surface area (TPSA) is 79.2 Å². The van der Waals surface area contributed by atoms with Gasteiger partial charge in [-0.3, -0.25) is 0 Å². The van der Waals surface area contributed by atoms with Crippen LogP contribution in [0.5, 0.6) is 5.75 Å². The smallest absolute Gasteiger partial charge is 0.173 e. The summed E-state index contributed by atoms with van der Waals surface area (Å²) >= 11 is 1.28. The van der Waals surface area contributed by atoms with Gasteiger partial charge < -0.3 is 24.8 Å². The second kappa shape index (κ2) is 9.08. The Hall–Kier alpha value is -1.57. The fourth-order valence-corrected chi connectivity index (χ4v) is 4.49. The van der Waals surface area contributed by atoms with E-state index in [0.717, 1.165) is 5.56 Å². The van der Waals surface area contributed by atoms with E-state index in [0.29, 0.717) is 12.2 Å². The molecule has 0 radical (unpaired) electrons. The molecule has 1 aliphatic rings. The number of rotatable bonds is 6. The molecule has 6 heteroatoms. The van der Waals surface area contributed by atoms with Crippen molar-refractivity contribution in [1.82, 2.24) is 0 Å². The molecule has 2 aromatic rings. The van der Waals surface area contributed by atoms with E-state index in [1.54, 1.807) is 0 Å². The van der Waals surface area contributed by atoms with Crippen molar-refractivity contribution in [2.45, 2.75) is 42.3 Å². The molecule has 5 nitrogen and oxygen atoms in total. The number of methoxy groups -OCH3 is 1. The highest BCUT2D eigenvalue weighted by Crippen LogP contribution is 2.35. The minimum Gasteiger partial charge on any atom is -0.477 e. The third-order valence-corrected chi connectivity index (χ3v) is 6.14. The van der Waals surface area contributed by atoms with E-state index in [4.69, 9.17) is 9.47 Å². The van der Waals surface area contributed by atoms with Crippen LogP contribution in [0.2, 0.25) is 0 Å². The standard InChI is InChI=1S/C21H26O5S/c1-13-7-9-14(10-8-13)11-15-5-3-4-6-16(15)26-21-20(24)19(23)18(22)17(27-21)12-25-2/h3-10,17-24H,11-12H2,1-2H3/t17-,18-,19+,20-,21-/m1/s1. The Balaban J connectivity index is 1.77. The van der Waals surface area contributed by atoms with E-state index in [1.807, 2.05) is 24.3 Å². The minimum atomic E-state index is -1.28. The van der Waals surface area contributed by atoms with E-state index in [-0.39, 0.29) is 11.9 Å². The molecule has 2 aromatic carbocycles. The van der Waals surface area contributed by atoms with E-state index in [1.165, 1.54) is 30.0 Å². The lowest BCUT2D eigenvalue weighted by Crippen LogP contribution is -2.55. The average molecular weight is 391 g/mol. The van der Waals surface area contributed by atoms with Crippen LogP contribution in [0, 0.1) is 6.92 Å². The average Bonchev–Trinajstić information content (AvgIpc) is 2.67. The predicted molar refractivity (Wildman–Crippen MR) is 106 cm³/mol. The summed E-state index contributed by atoms with van der Waals surface area (Å²) in [4.78, 5) is 0. The molecular formula is C21H26O5S. The molecule has 5 atom stereocenters. The fourth-order valence-electron chi connectivity index (χ4n) is 3.13. The third-order valence-electron chi connectivity index (χ3n) is 4.73. The molecule has 0 unspecified atom stereocenters. The number of hydrogen-bond donors (Lipinski definition) is 3. The van der Waals surface area contributed by atoms with Crippen LogP contribution in [0.4, 0.5) is 0 Å². The number of ether oxygens (including phenoxy) is 2. The number of aliphatic hydroxyl groups is 3. The van der Waals surface area contributed by atoms with Gasteiger partial charge in [0, 0.05) is 13.5 Å². The first kappa shape index (κ1) is 20.2. The number of para-hydroxylation sites is 1. The molecule has 1 saturated heterocycles. The third kappa shape index (κ3) is 4.83. The molecule has 0 aliphatic carbocycles. The fraction of sp³-hybridized carbons (Fsp3) is 0.429. The molecule has 1 heterocycles. The van der Waals surface area contributed by atoms with Gasteiger partial charge in [-0.2, -0.15) is 0 Å². The van der Waals surface area contributed by atoms with Gasteiger partial charge in [-0.1, -0.05) is 48.0 Å². The van der Waals surface area contributed by atoms with Gasteiger partial charge in [0.1, 0.15) is 18.0 Å². The van der Waals surface area contributed by atoms with Crippen LogP contribution >= 0.6 is 11.8 Å². The quantitative estimate of drug-likeness (QED) is 0.701. The lowest BCUT2D eigenvalue weighted by molar-refractivity contribution is -0.0921. The maximum absolute atomic E-state index is 10.4. The maximum Gasteiger partial charge on any atom is 0.173 e. The van der Waals surface area contributed by atoms with Gasteiger partial charge >= 0.3 is 0 Å². The van der Waals surface area contributed by atoms with Crippen LogP contribution in [-0.2, 0) is 11.2 Å². The summed E-state index contributed by atoms with van der Waals surface area (Å²) in [7, 11) is 1.54. The lowest BCUT2D eigenvalue weighted by atomic mass is 10.0. The molecule has 1 aliphatic heterocycles. The molecule has 27 heavy (non-hydrogen) atoms. The van der Waals surface area contributed by atoms with Crippen molar-refractivity contribution in [2.24, 2.45) is 0 Å². The Kier molecular flexibility index (Phi) is 6.78. The van der Waals surface area contributed by atoms with Crippen LogP contribution < -0.4 is 4.74 Å². The zero-order valence-electron chi connectivity index (χ0n) is 15.5. The molecule has 0 spiro atoms. The first-order valence-corrected chi connectivity index (χ1v) is 9.92. The van der Waals surface area contributed by atoms with Crippen LogP contribution in [0.3, 0.4) is 0 Å². The maximum atomic E-state index is 10.4. The second-order valence-electron chi connectivity index (χ2n) is 6.86. The first-order chi connectivity index (χ1) is 13.0. The predicted octanol–water partition coefficient (Wildman–Crippen LogP) is 2.14. The molecule has 0 amide bonds. The summed E-state index contributed by atoms with van der Waals surface area (Å²) in [6.07, 6.45) is -2.82. The van der Waals surface area contributed by atoms with E-state index >= 15 is 0 Å². The van der Waals surface area contributed by atoms with Gasteiger partial charge in [-0.25, -0.2) is 0 Å². The molecule has 0 bridgehead atoms. The summed E-state index contributed by atoms with van der Waals surface area (Å²) in [5, 5.41) is 30.3. The summed E-state index contributed by atoms with van der Waals surface area (Å²) in [5.74, 6) is 0.661. The van der Waals surface area contributed by atoms with Crippen molar-refractivity contribution in [2.75, 3.05) is 13.7 Å². The second-order valence-corrected chi connectivity index (χ2v) is 8.20. The number of benzene rings is 2. The summed E-state index contributed by atoms with van der Waals surface area (Å²) < 4.78 is 11.2. The van der Waals surface area contributed by atoms with Crippen LogP contribution in [0.25, 0.3) is 0 Å². The molecule has 146 valence electrons. The van der Waals surface area contributed by atoms with Gasteiger partial charge in [0.15, 0.2) is 5.44 Å². The molecule has 0 aromatic heterocycles. The molecule has 3 rings (SSSR count). The molecule has 1 fully saturated rings. The molecule has 3 N–H and O–H groups in total. The van der Waals surface area contributed by atoms with Crippen LogP contribution in [-0.4, -0.2) is 58.0 Å². The first-order valence-electron chi connectivity index (χ1n) is 8.98. The van der Waals surface area contributed by atoms with E-state index < -0.39 is 23.7 Å². The largest absolute Gasteiger partial charge is 0.477 e. The van der Waals surface area contributed by atoms with Crippen molar-refractivity contribution in [3.63, 3.8) is 0 Å². The highest BCUT2D eigenvalue weighted by molar-refractivity contribution is 8.00. The van der Waals surface area contributed by atoms with E-state index in [9.17, 15) is 15.3 Å². The zero-order valence-corrected chi connectivity index (χ0v) is 16.3. The Morgan fingerprint density at radius 3 is 2.33 bits per heavy atom. The molecule has 0 saturated carbocycles. The number of thioether (sulfide) groups is 1. The Morgan fingerprint density at radius 2 is 1.63 bits per heavy atom.